The van der Waals surface area contributed by atoms with Crippen molar-refractivity contribution < 1.29 is 10.0 Å². The Labute approximate surface area is 148 Å². The highest BCUT2D eigenvalue weighted by Gasteiger charge is 2.16. The quantitative estimate of drug-likeness (QED) is 0.426. The van der Waals surface area contributed by atoms with E-state index < -0.39 is 4.92 Å². The van der Waals surface area contributed by atoms with E-state index in [1.807, 2.05) is 0 Å². The molecule has 2 aromatic carbocycles. The molecule has 0 fully saturated rings. The number of aromatic hydroxyl groups is 1. The first-order valence-corrected chi connectivity index (χ1v) is 7.76. The van der Waals surface area contributed by atoms with Gasteiger partial charge >= 0.3 is 0 Å². The van der Waals surface area contributed by atoms with Crippen molar-refractivity contribution in [3.8, 4) is 5.75 Å². The third kappa shape index (κ3) is 3.00. The van der Waals surface area contributed by atoms with Crippen LogP contribution in [0.15, 0.2) is 58.4 Å². The first-order valence-electron chi connectivity index (χ1n) is 7.76. The van der Waals surface area contributed by atoms with Gasteiger partial charge in [-0.1, -0.05) is 12.1 Å². The predicted molar refractivity (Wildman–Crippen MR) is 99.8 cm³/mol. The van der Waals surface area contributed by atoms with E-state index >= 15 is 0 Å². The molecule has 1 aromatic heterocycles. The Bertz CT molecular complexity index is 1080. The number of benzene rings is 2. The Hall–Kier alpha value is -3.68. The number of non-ortho nitro benzene ring substituents is 1. The summed E-state index contributed by atoms with van der Waals surface area (Å²) in [5.74, 6) is -0.129. The smallest absolute Gasteiger partial charge is 0.269 e. The molecule has 1 heterocycles. The van der Waals surface area contributed by atoms with Gasteiger partial charge in [0.25, 0.3) is 11.2 Å². The van der Waals surface area contributed by atoms with Crippen molar-refractivity contribution in [1.29, 1.82) is 0 Å². The van der Waals surface area contributed by atoms with E-state index in [1.54, 1.807) is 38.2 Å². The maximum absolute atomic E-state index is 12.6. The van der Waals surface area contributed by atoms with Crippen LogP contribution in [0.2, 0.25) is 0 Å². The molecule has 0 atom stereocenters. The average molecular weight is 352 g/mol. The van der Waals surface area contributed by atoms with Gasteiger partial charge in [0, 0.05) is 24.6 Å². The van der Waals surface area contributed by atoms with Gasteiger partial charge in [-0.05, 0) is 31.2 Å². The largest absolute Gasteiger partial charge is 0.506 e. The number of nitrogens with zero attached hydrogens (tertiary/aromatic N) is 3. The molecule has 8 heteroatoms. The maximum Gasteiger partial charge on any atom is 0.269 e. The van der Waals surface area contributed by atoms with E-state index in [0.717, 1.165) is 0 Å². The zero-order chi connectivity index (χ0) is 18.8. The zero-order valence-corrected chi connectivity index (χ0v) is 14.1. The van der Waals surface area contributed by atoms with Crippen molar-refractivity contribution in [1.82, 2.24) is 4.57 Å². The molecule has 0 bridgehead atoms. The number of fused-ring (bicyclic) bond motifs is 1. The van der Waals surface area contributed by atoms with Crippen molar-refractivity contribution in [3.63, 3.8) is 0 Å². The molecule has 0 saturated heterocycles. The van der Waals surface area contributed by atoms with Gasteiger partial charge in [-0.3, -0.25) is 20.3 Å². The van der Waals surface area contributed by atoms with E-state index in [4.69, 9.17) is 0 Å². The second-order valence-electron chi connectivity index (χ2n) is 5.72. The highest BCUT2D eigenvalue weighted by molar-refractivity contribution is 6.05. The summed E-state index contributed by atoms with van der Waals surface area (Å²) < 4.78 is 1.45. The number of para-hydroxylation sites is 1. The van der Waals surface area contributed by atoms with E-state index in [9.17, 15) is 20.0 Å². The van der Waals surface area contributed by atoms with Crippen molar-refractivity contribution in [3.05, 3.63) is 74.6 Å². The number of nitrogens with one attached hydrogen (secondary N) is 1. The number of nitro groups is 1. The summed E-state index contributed by atoms with van der Waals surface area (Å²) in [6.07, 6.45) is 0. The van der Waals surface area contributed by atoms with Crippen LogP contribution in [0.3, 0.4) is 0 Å². The first kappa shape index (κ1) is 17.2. The summed E-state index contributed by atoms with van der Waals surface area (Å²) >= 11 is 0. The van der Waals surface area contributed by atoms with Crippen LogP contribution in [0.5, 0.6) is 5.75 Å². The van der Waals surface area contributed by atoms with Crippen LogP contribution < -0.4 is 11.0 Å². The van der Waals surface area contributed by atoms with Crippen LogP contribution in [-0.4, -0.2) is 20.3 Å². The molecule has 0 saturated carbocycles. The maximum atomic E-state index is 12.6. The number of aromatic nitrogens is 1. The number of aryl methyl sites for hydroxylation is 1. The minimum absolute atomic E-state index is 0.0303. The molecular weight excluding hydrogens is 336 g/mol. The number of rotatable bonds is 4. The van der Waals surface area contributed by atoms with Crippen molar-refractivity contribution in [2.24, 2.45) is 12.1 Å². The van der Waals surface area contributed by atoms with Gasteiger partial charge in [-0.25, -0.2) is 0 Å². The van der Waals surface area contributed by atoms with Crippen molar-refractivity contribution >= 4 is 28.0 Å². The lowest BCUT2D eigenvalue weighted by Crippen LogP contribution is -2.24. The van der Waals surface area contributed by atoms with Crippen LogP contribution in [-0.2, 0) is 7.05 Å². The molecule has 3 aromatic rings. The summed E-state index contributed by atoms with van der Waals surface area (Å²) in [5.41, 5.74) is 3.88. The predicted octanol–water partition coefficient (Wildman–Crippen LogP) is 2.99. The SMILES string of the molecule is C/C(=N\Nc1ccc([N+](=O)[O-])cc1)c1c(O)c2ccccc2n(C)c1=O. The van der Waals surface area contributed by atoms with Crippen molar-refractivity contribution in [2.75, 3.05) is 5.43 Å². The van der Waals surface area contributed by atoms with Crippen LogP contribution in [0.4, 0.5) is 11.4 Å². The molecule has 0 amide bonds. The molecule has 0 aliphatic heterocycles. The van der Waals surface area contributed by atoms with E-state index in [2.05, 4.69) is 10.5 Å². The molecule has 0 radical (unpaired) electrons. The van der Waals surface area contributed by atoms with Crippen molar-refractivity contribution in [2.45, 2.75) is 6.92 Å². The third-order valence-electron chi connectivity index (χ3n) is 4.07. The lowest BCUT2D eigenvalue weighted by atomic mass is 10.1. The molecule has 0 aliphatic carbocycles. The topological polar surface area (TPSA) is 110 Å². The molecular formula is C18H16N4O4. The highest BCUT2D eigenvalue weighted by Crippen LogP contribution is 2.26. The number of hydrazone groups is 1. The third-order valence-corrected chi connectivity index (χ3v) is 4.07. The molecule has 0 unspecified atom stereocenters. The summed E-state index contributed by atoms with van der Waals surface area (Å²) in [6.45, 7) is 1.60. The van der Waals surface area contributed by atoms with E-state index in [-0.39, 0.29) is 22.6 Å². The Morgan fingerprint density at radius 3 is 2.50 bits per heavy atom. The molecule has 0 aliphatic rings. The summed E-state index contributed by atoms with van der Waals surface area (Å²) in [7, 11) is 1.63. The molecule has 8 nitrogen and oxygen atoms in total. The second kappa shape index (κ2) is 6.67. The lowest BCUT2D eigenvalue weighted by Gasteiger charge is -2.11. The number of nitro benzene ring substituents is 1. The number of hydrogen-bond acceptors (Lipinski definition) is 6. The summed E-state index contributed by atoms with van der Waals surface area (Å²) in [5, 5.41) is 25.9. The van der Waals surface area contributed by atoms with Gasteiger partial charge in [0.15, 0.2) is 0 Å². The highest BCUT2D eigenvalue weighted by atomic mass is 16.6. The van der Waals surface area contributed by atoms with Gasteiger partial charge in [-0.15, -0.1) is 0 Å². The standard InChI is InChI=1S/C18H16N4O4/c1-11(19-20-12-7-9-13(10-8-12)22(25)26)16-17(23)14-5-3-4-6-15(14)21(2)18(16)24/h3-10,20,23H,1-2H3/b19-11+. The van der Waals surface area contributed by atoms with Gasteiger partial charge < -0.3 is 9.67 Å². The Morgan fingerprint density at radius 1 is 1.19 bits per heavy atom. The van der Waals surface area contributed by atoms with Crippen LogP contribution >= 0.6 is 0 Å². The normalized spacial score (nSPS) is 11.5. The minimum Gasteiger partial charge on any atom is -0.506 e. The molecule has 26 heavy (non-hydrogen) atoms. The Balaban J connectivity index is 1.99. The number of pyridine rings is 1. The summed E-state index contributed by atoms with van der Waals surface area (Å²) in [6, 6.07) is 12.8. The van der Waals surface area contributed by atoms with Gasteiger partial charge in [0.1, 0.15) is 11.3 Å². The molecule has 132 valence electrons. The van der Waals surface area contributed by atoms with Crippen LogP contribution in [0, 0.1) is 10.1 Å². The fourth-order valence-electron chi connectivity index (χ4n) is 2.67. The van der Waals surface area contributed by atoms with Gasteiger partial charge in [0.05, 0.1) is 21.8 Å². The number of anilines is 1. The van der Waals surface area contributed by atoms with Crippen LogP contribution in [0.1, 0.15) is 12.5 Å². The van der Waals surface area contributed by atoms with Crippen LogP contribution in [0.25, 0.3) is 10.9 Å². The van der Waals surface area contributed by atoms with E-state index in [1.165, 1.54) is 28.8 Å². The van der Waals surface area contributed by atoms with Gasteiger partial charge in [0.2, 0.25) is 0 Å². The summed E-state index contributed by atoms with van der Waals surface area (Å²) in [4.78, 5) is 22.8. The Morgan fingerprint density at radius 2 is 1.85 bits per heavy atom. The minimum atomic E-state index is -0.491. The fraction of sp³-hybridized carbons (Fsp3) is 0.111. The first-order chi connectivity index (χ1) is 12.4. The van der Waals surface area contributed by atoms with E-state index in [0.29, 0.717) is 22.3 Å². The number of hydrogen-bond donors (Lipinski definition) is 2. The molecule has 3 rings (SSSR count). The second-order valence-corrected chi connectivity index (χ2v) is 5.72. The monoisotopic (exact) mass is 352 g/mol. The Kier molecular flexibility index (Phi) is 4.40. The zero-order valence-electron chi connectivity index (χ0n) is 14.1. The molecule has 2 N–H and O–H groups in total. The molecule has 0 spiro atoms. The average Bonchev–Trinajstić information content (AvgIpc) is 2.65. The fourth-order valence-corrected chi connectivity index (χ4v) is 2.67. The lowest BCUT2D eigenvalue weighted by molar-refractivity contribution is -0.384. The van der Waals surface area contributed by atoms with Gasteiger partial charge in [-0.2, -0.15) is 5.10 Å².